The van der Waals surface area contributed by atoms with Crippen molar-refractivity contribution in [2.75, 3.05) is 6.54 Å². The first kappa shape index (κ1) is 20.7. The van der Waals surface area contributed by atoms with Crippen molar-refractivity contribution in [2.45, 2.75) is 25.7 Å². The summed E-state index contributed by atoms with van der Waals surface area (Å²) in [6.45, 7) is 0.549. The lowest BCUT2D eigenvalue weighted by Gasteiger charge is -2.10. The maximum atomic E-state index is 8.95. The monoisotopic (exact) mass is 401 g/mol. The normalized spacial score (nSPS) is 12.8. The second-order valence-electron chi connectivity index (χ2n) is 6.91. The molecule has 3 aromatic rings. The van der Waals surface area contributed by atoms with E-state index in [1.807, 2.05) is 25.5 Å². The van der Waals surface area contributed by atoms with Crippen molar-refractivity contribution >= 4 is 17.3 Å². The second-order valence-corrected chi connectivity index (χ2v) is 6.91. The van der Waals surface area contributed by atoms with E-state index in [0.29, 0.717) is 37.1 Å². The summed E-state index contributed by atoms with van der Waals surface area (Å²) in [6.07, 6.45) is 12.7. The first-order valence-corrected chi connectivity index (χ1v) is 9.65. The van der Waals surface area contributed by atoms with Crippen LogP contribution in [-0.2, 0) is 7.05 Å². The van der Waals surface area contributed by atoms with Crippen molar-refractivity contribution in [3.05, 3.63) is 42.7 Å². The highest BCUT2D eigenvalue weighted by Crippen LogP contribution is 2.23. The molecule has 0 spiro atoms. The minimum absolute atomic E-state index is 0.172. The van der Waals surface area contributed by atoms with Gasteiger partial charge in [-0.25, -0.2) is 9.50 Å². The molecule has 0 radical (unpaired) electrons. The largest absolute Gasteiger partial charge is 0.404 e. The van der Waals surface area contributed by atoms with Gasteiger partial charge in [0.15, 0.2) is 0 Å². The molecule has 0 aliphatic rings. The van der Waals surface area contributed by atoms with E-state index in [4.69, 9.17) is 21.2 Å². The average Bonchev–Trinajstić information content (AvgIpc) is 3.40. The number of aromatic nitrogens is 5. The number of nitrogens with zero attached hydrogens (tertiary/aromatic N) is 8. The predicted octanol–water partition coefficient (Wildman–Crippen LogP) is 2.72. The molecular weight excluding hydrogens is 378 g/mol. The summed E-state index contributed by atoms with van der Waals surface area (Å²) >= 11 is 0. The Balaban J connectivity index is 1.81. The molecule has 1 atom stereocenters. The molecular formula is C21H23N9. The van der Waals surface area contributed by atoms with Crippen LogP contribution in [0, 0.1) is 28.6 Å². The molecule has 0 aliphatic heterocycles. The minimum Gasteiger partial charge on any atom is -0.404 e. The summed E-state index contributed by atoms with van der Waals surface area (Å²) in [5.74, 6) is 0.172. The fourth-order valence-electron chi connectivity index (χ4n) is 3.18. The fraction of sp³-hybridized carbons (Fsp3) is 0.333. The molecule has 0 saturated carbocycles. The van der Waals surface area contributed by atoms with E-state index in [9.17, 15) is 0 Å². The Kier molecular flexibility index (Phi) is 6.91. The van der Waals surface area contributed by atoms with Crippen LogP contribution in [0.2, 0.25) is 0 Å². The van der Waals surface area contributed by atoms with Crippen molar-refractivity contribution in [3.8, 4) is 23.4 Å². The smallest absolute Gasteiger partial charge is 0.0997 e. The van der Waals surface area contributed by atoms with Crippen molar-refractivity contribution in [3.63, 3.8) is 0 Å². The quantitative estimate of drug-likeness (QED) is 0.548. The predicted molar refractivity (Wildman–Crippen MR) is 114 cm³/mol. The van der Waals surface area contributed by atoms with Crippen LogP contribution in [0.3, 0.4) is 0 Å². The zero-order valence-electron chi connectivity index (χ0n) is 16.8. The second kappa shape index (κ2) is 9.99. The molecule has 9 nitrogen and oxygen atoms in total. The third kappa shape index (κ3) is 4.89. The molecule has 152 valence electrons. The maximum absolute atomic E-state index is 8.95. The molecule has 3 aromatic heterocycles. The maximum Gasteiger partial charge on any atom is 0.0997 e. The number of aryl methyl sites for hydroxylation is 1. The number of allylic oxidation sites excluding steroid dienone is 1. The summed E-state index contributed by atoms with van der Waals surface area (Å²) in [5, 5.41) is 26.3. The van der Waals surface area contributed by atoms with Crippen LogP contribution in [0.4, 0.5) is 0 Å². The van der Waals surface area contributed by atoms with Gasteiger partial charge in [-0.1, -0.05) is 0 Å². The molecule has 2 N–H and O–H groups in total. The molecule has 0 saturated heterocycles. The molecule has 1 unspecified atom stereocenters. The molecule has 30 heavy (non-hydrogen) atoms. The topological polar surface area (TPSA) is 134 Å². The number of aliphatic imine (C=N–C) groups is 1. The Morgan fingerprint density at radius 2 is 2.13 bits per heavy atom. The fourth-order valence-corrected chi connectivity index (χ4v) is 3.18. The molecule has 0 aliphatic carbocycles. The SMILES string of the molecule is Cn1cc(-c2cn3nccc3c(/C(C=NCCC(CC#N)CCC#N)=C/N)n2)cn1. The standard InChI is InChI=1S/C21H23N9/c1-29-14-18(13-27-29)19-15-30-20(6-10-26-30)21(28-19)17(11-24)12-25-9-5-16(4-8-23)3-2-7-22/h6,10-16H,2-5,9,24H2,1H3/b17-11+,25-12?. The summed E-state index contributed by atoms with van der Waals surface area (Å²) in [5.41, 5.74) is 9.68. The van der Waals surface area contributed by atoms with E-state index < -0.39 is 0 Å². The van der Waals surface area contributed by atoms with Gasteiger partial charge in [0.05, 0.1) is 47.6 Å². The molecule has 0 amide bonds. The van der Waals surface area contributed by atoms with Gasteiger partial charge in [0.1, 0.15) is 0 Å². The van der Waals surface area contributed by atoms with Gasteiger partial charge < -0.3 is 5.73 Å². The Morgan fingerprint density at radius 3 is 2.83 bits per heavy atom. The van der Waals surface area contributed by atoms with E-state index in [-0.39, 0.29) is 5.92 Å². The Hall–Kier alpha value is -3.98. The molecule has 3 rings (SSSR count). The molecule has 0 aromatic carbocycles. The van der Waals surface area contributed by atoms with E-state index in [1.165, 1.54) is 6.20 Å². The van der Waals surface area contributed by atoms with Crippen LogP contribution >= 0.6 is 0 Å². The van der Waals surface area contributed by atoms with Gasteiger partial charge in [-0.05, 0) is 24.8 Å². The van der Waals surface area contributed by atoms with Gasteiger partial charge in [0.2, 0.25) is 0 Å². The van der Waals surface area contributed by atoms with Crippen molar-refractivity contribution in [2.24, 2.45) is 23.7 Å². The van der Waals surface area contributed by atoms with Gasteiger partial charge in [-0.3, -0.25) is 9.67 Å². The summed E-state index contributed by atoms with van der Waals surface area (Å²) in [7, 11) is 1.85. The zero-order chi connectivity index (χ0) is 21.3. The summed E-state index contributed by atoms with van der Waals surface area (Å²) < 4.78 is 3.47. The Bertz CT molecular complexity index is 1140. The molecule has 0 bridgehead atoms. The lowest BCUT2D eigenvalue weighted by Crippen LogP contribution is -2.03. The van der Waals surface area contributed by atoms with Crippen LogP contribution in [-0.4, -0.2) is 37.1 Å². The first-order chi connectivity index (χ1) is 14.7. The van der Waals surface area contributed by atoms with Crippen LogP contribution in [0.1, 0.15) is 31.4 Å². The van der Waals surface area contributed by atoms with Gasteiger partial charge in [0, 0.05) is 56.2 Å². The molecule has 3 heterocycles. The highest BCUT2D eigenvalue weighted by Gasteiger charge is 2.13. The molecule has 0 fully saturated rings. The summed E-state index contributed by atoms with van der Waals surface area (Å²) in [6, 6.07) is 6.19. The number of fused-ring (bicyclic) bond motifs is 1. The van der Waals surface area contributed by atoms with Crippen molar-refractivity contribution in [1.82, 2.24) is 24.4 Å². The lowest BCUT2D eigenvalue weighted by atomic mass is 9.97. The number of hydrogen-bond donors (Lipinski definition) is 1. The highest BCUT2D eigenvalue weighted by molar-refractivity contribution is 6.11. The van der Waals surface area contributed by atoms with Crippen LogP contribution in [0.5, 0.6) is 0 Å². The third-order valence-corrected chi connectivity index (χ3v) is 4.78. The number of hydrogen-bond acceptors (Lipinski definition) is 7. The first-order valence-electron chi connectivity index (χ1n) is 9.65. The zero-order valence-corrected chi connectivity index (χ0v) is 16.8. The Labute approximate surface area is 174 Å². The Morgan fingerprint density at radius 1 is 1.27 bits per heavy atom. The minimum atomic E-state index is 0.172. The van der Waals surface area contributed by atoms with E-state index in [0.717, 1.165) is 23.2 Å². The summed E-state index contributed by atoms with van der Waals surface area (Å²) in [4.78, 5) is 9.27. The van der Waals surface area contributed by atoms with Gasteiger partial charge in [-0.2, -0.15) is 20.7 Å². The van der Waals surface area contributed by atoms with E-state index >= 15 is 0 Å². The van der Waals surface area contributed by atoms with Crippen molar-refractivity contribution < 1.29 is 0 Å². The van der Waals surface area contributed by atoms with E-state index in [2.05, 4.69) is 27.3 Å². The number of nitrogens with two attached hydrogens (primary N) is 1. The van der Waals surface area contributed by atoms with Gasteiger partial charge in [-0.15, -0.1) is 0 Å². The average molecular weight is 401 g/mol. The van der Waals surface area contributed by atoms with Crippen molar-refractivity contribution in [1.29, 1.82) is 10.5 Å². The van der Waals surface area contributed by atoms with Crippen LogP contribution < -0.4 is 5.73 Å². The van der Waals surface area contributed by atoms with E-state index in [1.54, 1.807) is 27.8 Å². The highest BCUT2D eigenvalue weighted by atomic mass is 15.2. The number of nitriles is 2. The number of rotatable bonds is 9. The molecule has 9 heteroatoms. The van der Waals surface area contributed by atoms with Gasteiger partial charge in [0.25, 0.3) is 0 Å². The third-order valence-electron chi connectivity index (χ3n) is 4.78. The van der Waals surface area contributed by atoms with Crippen LogP contribution in [0.25, 0.3) is 22.3 Å². The van der Waals surface area contributed by atoms with Gasteiger partial charge >= 0.3 is 0 Å². The lowest BCUT2D eigenvalue weighted by molar-refractivity contribution is 0.473. The van der Waals surface area contributed by atoms with Crippen LogP contribution in [0.15, 0.2) is 42.0 Å².